The number of thioether (sulfide) groups is 1. The van der Waals surface area contributed by atoms with Gasteiger partial charge in [0.2, 0.25) is 5.91 Å². The normalized spacial score (nSPS) is 11.1. The Labute approximate surface area is 115 Å². The molecular formula is C13H16FNO3S. The number of hydrogen-bond acceptors (Lipinski definition) is 3. The molecule has 1 amide bonds. The molecular weight excluding hydrogens is 269 g/mol. The smallest absolute Gasteiger partial charge is 0.319 e. The molecule has 2 N–H and O–H groups in total. The first-order valence-electron chi connectivity index (χ1n) is 5.74. The quantitative estimate of drug-likeness (QED) is 0.843. The summed E-state index contributed by atoms with van der Waals surface area (Å²) >= 11 is 1.18. The van der Waals surface area contributed by atoms with Gasteiger partial charge in [0.1, 0.15) is 10.6 Å². The summed E-state index contributed by atoms with van der Waals surface area (Å²) in [6.45, 7) is 3.16. The van der Waals surface area contributed by atoms with Crippen LogP contribution in [0.5, 0.6) is 0 Å². The fourth-order valence-electron chi connectivity index (χ4n) is 1.24. The van der Waals surface area contributed by atoms with Crippen molar-refractivity contribution in [1.82, 2.24) is 0 Å². The van der Waals surface area contributed by atoms with Crippen molar-refractivity contribution in [1.29, 1.82) is 0 Å². The largest absolute Gasteiger partial charge is 0.480 e. The Balaban J connectivity index is 2.41. The van der Waals surface area contributed by atoms with Crippen LogP contribution in [0.15, 0.2) is 24.3 Å². The molecule has 1 aromatic rings. The van der Waals surface area contributed by atoms with E-state index in [0.29, 0.717) is 5.75 Å². The predicted octanol–water partition coefficient (Wildman–Crippen LogP) is 2.75. The maximum atomic E-state index is 13.3. The monoisotopic (exact) mass is 285 g/mol. The zero-order valence-corrected chi connectivity index (χ0v) is 11.6. The first-order valence-corrected chi connectivity index (χ1v) is 6.73. The SMILES string of the molecule is CC(C)(SCCC(=O)Nc1ccccc1F)C(=O)O. The number of rotatable bonds is 6. The number of hydrogen-bond donors (Lipinski definition) is 2. The second kappa shape index (κ2) is 6.56. The molecule has 0 radical (unpaired) electrons. The summed E-state index contributed by atoms with van der Waals surface area (Å²) in [7, 11) is 0. The minimum absolute atomic E-state index is 0.134. The first kappa shape index (κ1) is 15.5. The molecule has 0 unspecified atom stereocenters. The molecule has 0 atom stereocenters. The van der Waals surface area contributed by atoms with Crippen LogP contribution < -0.4 is 5.32 Å². The van der Waals surface area contributed by atoms with Gasteiger partial charge in [0.25, 0.3) is 0 Å². The third-order valence-electron chi connectivity index (χ3n) is 2.46. The number of aliphatic carboxylic acids is 1. The van der Waals surface area contributed by atoms with Crippen LogP contribution in [0.3, 0.4) is 0 Å². The Hall–Kier alpha value is -1.56. The lowest BCUT2D eigenvalue weighted by Crippen LogP contribution is -2.28. The van der Waals surface area contributed by atoms with Crippen LogP contribution in [0.2, 0.25) is 0 Å². The summed E-state index contributed by atoms with van der Waals surface area (Å²) in [4.78, 5) is 22.4. The lowest BCUT2D eigenvalue weighted by atomic mass is 10.2. The number of carbonyl (C=O) groups excluding carboxylic acids is 1. The molecule has 0 aliphatic rings. The Morgan fingerprint density at radius 2 is 2.00 bits per heavy atom. The van der Waals surface area contributed by atoms with E-state index in [-0.39, 0.29) is 18.0 Å². The molecule has 0 spiro atoms. The molecule has 0 saturated carbocycles. The molecule has 0 bridgehead atoms. The molecule has 19 heavy (non-hydrogen) atoms. The number of benzene rings is 1. The van der Waals surface area contributed by atoms with Crippen LogP contribution in [-0.4, -0.2) is 27.5 Å². The molecule has 0 aromatic heterocycles. The average Bonchev–Trinajstić information content (AvgIpc) is 2.31. The van der Waals surface area contributed by atoms with E-state index in [1.54, 1.807) is 19.9 Å². The van der Waals surface area contributed by atoms with Gasteiger partial charge in [-0.2, -0.15) is 0 Å². The maximum absolute atomic E-state index is 13.3. The molecule has 6 heteroatoms. The van der Waals surface area contributed by atoms with Gasteiger partial charge in [0.15, 0.2) is 0 Å². The summed E-state index contributed by atoms with van der Waals surface area (Å²) in [5.41, 5.74) is 0.134. The molecule has 0 fully saturated rings. The van der Waals surface area contributed by atoms with E-state index < -0.39 is 16.5 Å². The number of carboxylic acid groups (broad SMARTS) is 1. The minimum atomic E-state index is -0.932. The molecule has 1 aromatic carbocycles. The van der Waals surface area contributed by atoms with Crippen molar-refractivity contribution in [3.05, 3.63) is 30.1 Å². The Morgan fingerprint density at radius 3 is 2.58 bits per heavy atom. The van der Waals surface area contributed by atoms with Crippen LogP contribution in [-0.2, 0) is 9.59 Å². The van der Waals surface area contributed by atoms with Crippen molar-refractivity contribution < 1.29 is 19.1 Å². The van der Waals surface area contributed by atoms with Crippen molar-refractivity contribution in [2.45, 2.75) is 25.0 Å². The number of halogens is 1. The molecule has 0 aliphatic carbocycles. The van der Waals surface area contributed by atoms with Crippen molar-refractivity contribution in [3.8, 4) is 0 Å². The Morgan fingerprint density at radius 1 is 1.37 bits per heavy atom. The lowest BCUT2D eigenvalue weighted by Gasteiger charge is -2.17. The van der Waals surface area contributed by atoms with Crippen molar-refractivity contribution in [2.24, 2.45) is 0 Å². The van der Waals surface area contributed by atoms with Gasteiger partial charge in [0.05, 0.1) is 5.69 Å². The number of nitrogens with one attached hydrogen (secondary N) is 1. The van der Waals surface area contributed by atoms with E-state index in [0.717, 1.165) is 0 Å². The van der Waals surface area contributed by atoms with Crippen LogP contribution in [0.4, 0.5) is 10.1 Å². The van der Waals surface area contributed by atoms with Gasteiger partial charge < -0.3 is 10.4 Å². The minimum Gasteiger partial charge on any atom is -0.480 e. The highest BCUT2D eigenvalue weighted by Gasteiger charge is 2.27. The highest BCUT2D eigenvalue weighted by molar-refractivity contribution is 8.01. The van der Waals surface area contributed by atoms with Gasteiger partial charge in [-0.3, -0.25) is 9.59 Å². The number of anilines is 1. The van der Waals surface area contributed by atoms with Gasteiger partial charge in [-0.05, 0) is 26.0 Å². The van der Waals surface area contributed by atoms with Gasteiger partial charge in [-0.1, -0.05) is 12.1 Å². The van der Waals surface area contributed by atoms with Gasteiger partial charge in [0, 0.05) is 12.2 Å². The second-order valence-electron chi connectivity index (χ2n) is 4.44. The van der Waals surface area contributed by atoms with Crippen molar-refractivity contribution >= 4 is 29.3 Å². The van der Waals surface area contributed by atoms with E-state index in [4.69, 9.17) is 5.11 Å². The van der Waals surface area contributed by atoms with E-state index in [2.05, 4.69) is 5.32 Å². The lowest BCUT2D eigenvalue weighted by molar-refractivity contribution is -0.138. The summed E-state index contributed by atoms with van der Waals surface area (Å²) in [5, 5.41) is 11.4. The molecule has 0 saturated heterocycles. The van der Waals surface area contributed by atoms with Gasteiger partial charge in [-0.15, -0.1) is 11.8 Å². The summed E-state index contributed by atoms with van der Waals surface area (Å²) in [6.07, 6.45) is 0.135. The molecule has 4 nitrogen and oxygen atoms in total. The van der Waals surface area contributed by atoms with Crippen molar-refractivity contribution in [2.75, 3.05) is 11.1 Å². The highest BCUT2D eigenvalue weighted by atomic mass is 32.2. The van der Waals surface area contributed by atoms with Crippen LogP contribution in [0.1, 0.15) is 20.3 Å². The van der Waals surface area contributed by atoms with Gasteiger partial charge >= 0.3 is 5.97 Å². The molecule has 104 valence electrons. The first-order chi connectivity index (χ1) is 8.83. The Kier molecular flexibility index (Phi) is 5.35. The maximum Gasteiger partial charge on any atom is 0.319 e. The van der Waals surface area contributed by atoms with Crippen LogP contribution in [0, 0.1) is 5.82 Å². The second-order valence-corrected chi connectivity index (χ2v) is 6.16. The highest BCUT2D eigenvalue weighted by Crippen LogP contribution is 2.25. The predicted molar refractivity (Wildman–Crippen MR) is 73.8 cm³/mol. The number of carboxylic acids is 1. The number of para-hydroxylation sites is 1. The van der Waals surface area contributed by atoms with E-state index in [1.165, 1.54) is 30.0 Å². The van der Waals surface area contributed by atoms with Crippen LogP contribution in [0.25, 0.3) is 0 Å². The fraction of sp³-hybridized carbons (Fsp3) is 0.385. The molecule has 1 rings (SSSR count). The van der Waals surface area contributed by atoms with Gasteiger partial charge in [-0.25, -0.2) is 4.39 Å². The zero-order chi connectivity index (χ0) is 14.5. The van der Waals surface area contributed by atoms with E-state index >= 15 is 0 Å². The fourth-order valence-corrected chi connectivity index (χ4v) is 2.16. The number of carbonyl (C=O) groups is 2. The topological polar surface area (TPSA) is 66.4 Å². The Bertz CT molecular complexity index is 477. The number of amides is 1. The zero-order valence-electron chi connectivity index (χ0n) is 10.8. The standard InChI is InChI=1S/C13H16FNO3S/c1-13(2,12(17)18)19-8-7-11(16)15-10-6-4-3-5-9(10)14/h3-6H,7-8H2,1-2H3,(H,15,16)(H,17,18). The van der Waals surface area contributed by atoms with Crippen molar-refractivity contribution in [3.63, 3.8) is 0 Å². The molecule has 0 heterocycles. The summed E-state index contributed by atoms with van der Waals surface area (Å²) in [5.74, 6) is -1.39. The average molecular weight is 285 g/mol. The molecule has 0 aliphatic heterocycles. The summed E-state index contributed by atoms with van der Waals surface area (Å²) in [6, 6.07) is 5.90. The van der Waals surface area contributed by atoms with Crippen LogP contribution >= 0.6 is 11.8 Å². The summed E-state index contributed by atoms with van der Waals surface area (Å²) < 4.78 is 12.3. The van der Waals surface area contributed by atoms with E-state index in [9.17, 15) is 14.0 Å². The van der Waals surface area contributed by atoms with E-state index in [1.807, 2.05) is 0 Å². The third-order valence-corrected chi connectivity index (χ3v) is 3.76. The third kappa shape index (κ3) is 4.90.